The van der Waals surface area contributed by atoms with Crippen molar-refractivity contribution in [3.05, 3.63) is 51.5 Å². The number of aryl methyl sites for hydroxylation is 2. The molecule has 0 aliphatic heterocycles. The van der Waals surface area contributed by atoms with Gasteiger partial charge in [0.2, 0.25) is 0 Å². The van der Waals surface area contributed by atoms with Crippen LogP contribution in [0, 0.1) is 13.8 Å². The van der Waals surface area contributed by atoms with Crippen LogP contribution in [0.1, 0.15) is 16.7 Å². The third kappa shape index (κ3) is 3.25. The molecule has 2 aromatic carbocycles. The lowest BCUT2D eigenvalue weighted by Gasteiger charge is -2.14. The average Bonchev–Trinajstić information content (AvgIpc) is 2.37. The molecule has 0 unspecified atom stereocenters. The number of nitrogens with two attached hydrogens (primary N) is 1. The van der Waals surface area contributed by atoms with Crippen molar-refractivity contribution in [3.8, 4) is 11.5 Å². The van der Waals surface area contributed by atoms with Crippen molar-refractivity contribution in [1.29, 1.82) is 0 Å². The van der Waals surface area contributed by atoms with E-state index in [2.05, 4.69) is 22.0 Å². The van der Waals surface area contributed by atoms with Crippen molar-refractivity contribution in [2.24, 2.45) is 0 Å². The molecule has 20 heavy (non-hydrogen) atoms. The highest BCUT2D eigenvalue weighted by atomic mass is 79.9. The quantitative estimate of drug-likeness (QED) is 0.850. The van der Waals surface area contributed by atoms with Crippen molar-refractivity contribution >= 4 is 21.6 Å². The zero-order chi connectivity index (χ0) is 14.7. The number of nitrogen functional groups attached to an aromatic ring is 1. The van der Waals surface area contributed by atoms with Gasteiger partial charge in [0.25, 0.3) is 0 Å². The summed E-state index contributed by atoms with van der Waals surface area (Å²) >= 11 is 3.42. The first-order valence-corrected chi connectivity index (χ1v) is 7.12. The van der Waals surface area contributed by atoms with Gasteiger partial charge in [-0.1, -0.05) is 27.6 Å². The van der Waals surface area contributed by atoms with E-state index in [1.807, 2.05) is 38.1 Å². The number of methoxy groups -OCH3 is 1. The van der Waals surface area contributed by atoms with Crippen LogP contribution in [0.15, 0.2) is 34.8 Å². The van der Waals surface area contributed by atoms with E-state index in [4.69, 9.17) is 15.2 Å². The molecule has 0 radical (unpaired) electrons. The second kappa shape index (κ2) is 6.18. The van der Waals surface area contributed by atoms with E-state index < -0.39 is 0 Å². The zero-order valence-electron chi connectivity index (χ0n) is 11.9. The molecule has 106 valence electrons. The summed E-state index contributed by atoms with van der Waals surface area (Å²) < 4.78 is 12.2. The monoisotopic (exact) mass is 335 g/mol. The highest BCUT2D eigenvalue weighted by Crippen LogP contribution is 2.31. The van der Waals surface area contributed by atoms with Crippen molar-refractivity contribution in [2.75, 3.05) is 12.8 Å². The smallest absolute Gasteiger partial charge is 0.145 e. The van der Waals surface area contributed by atoms with Gasteiger partial charge in [0.1, 0.15) is 18.1 Å². The highest BCUT2D eigenvalue weighted by molar-refractivity contribution is 9.10. The Morgan fingerprint density at radius 2 is 1.90 bits per heavy atom. The van der Waals surface area contributed by atoms with Crippen LogP contribution in [-0.2, 0) is 6.61 Å². The molecule has 0 spiro atoms. The fourth-order valence-corrected chi connectivity index (χ4v) is 2.71. The molecular formula is C16H18BrNO2. The summed E-state index contributed by atoms with van der Waals surface area (Å²) in [7, 11) is 1.66. The van der Waals surface area contributed by atoms with E-state index in [0.717, 1.165) is 27.1 Å². The molecule has 4 heteroatoms. The number of hydrogen-bond acceptors (Lipinski definition) is 3. The van der Waals surface area contributed by atoms with Gasteiger partial charge in [-0.25, -0.2) is 0 Å². The normalized spacial score (nSPS) is 10.4. The Kier molecular flexibility index (Phi) is 4.55. The van der Waals surface area contributed by atoms with E-state index in [9.17, 15) is 0 Å². The molecule has 2 aromatic rings. The Morgan fingerprint density at radius 1 is 1.15 bits per heavy atom. The van der Waals surface area contributed by atoms with Gasteiger partial charge in [-0.3, -0.25) is 0 Å². The molecular weight excluding hydrogens is 318 g/mol. The van der Waals surface area contributed by atoms with E-state index >= 15 is 0 Å². The molecule has 0 saturated carbocycles. The van der Waals surface area contributed by atoms with E-state index in [1.165, 1.54) is 5.56 Å². The molecule has 0 bridgehead atoms. The van der Waals surface area contributed by atoms with Gasteiger partial charge in [0, 0.05) is 10.0 Å². The van der Waals surface area contributed by atoms with Crippen molar-refractivity contribution in [1.82, 2.24) is 0 Å². The molecule has 2 rings (SSSR count). The fraction of sp³-hybridized carbons (Fsp3) is 0.250. The minimum Gasteiger partial charge on any atom is -0.496 e. The maximum Gasteiger partial charge on any atom is 0.145 e. The predicted octanol–water partition coefficient (Wildman–Crippen LogP) is 4.24. The molecule has 0 heterocycles. The maximum absolute atomic E-state index is 6.00. The number of ether oxygens (including phenoxy) is 2. The summed E-state index contributed by atoms with van der Waals surface area (Å²) in [6.07, 6.45) is 0. The highest BCUT2D eigenvalue weighted by Gasteiger charge is 2.09. The lowest BCUT2D eigenvalue weighted by atomic mass is 10.1. The van der Waals surface area contributed by atoms with Crippen LogP contribution in [0.4, 0.5) is 5.69 Å². The SMILES string of the molecule is COc1ccc(C)cc1COc1c(C)cc(Br)cc1N. The van der Waals surface area contributed by atoms with Gasteiger partial charge < -0.3 is 15.2 Å². The standard InChI is InChI=1S/C16H18BrNO2/c1-10-4-5-15(19-3)12(6-10)9-20-16-11(2)7-13(17)8-14(16)18/h4-8H,9,18H2,1-3H3. The first-order chi connectivity index (χ1) is 9.51. The van der Waals surface area contributed by atoms with Crippen molar-refractivity contribution < 1.29 is 9.47 Å². The first-order valence-electron chi connectivity index (χ1n) is 6.33. The Bertz CT molecular complexity index is 603. The molecule has 0 aliphatic carbocycles. The van der Waals surface area contributed by atoms with Crippen LogP contribution in [-0.4, -0.2) is 7.11 Å². The summed E-state index contributed by atoms with van der Waals surface area (Å²) in [6.45, 7) is 4.45. The van der Waals surface area contributed by atoms with Gasteiger partial charge in [-0.2, -0.15) is 0 Å². The minimum atomic E-state index is 0.428. The van der Waals surface area contributed by atoms with Gasteiger partial charge in [0.15, 0.2) is 0 Å². The van der Waals surface area contributed by atoms with E-state index in [-0.39, 0.29) is 0 Å². The Hall–Kier alpha value is -1.68. The largest absolute Gasteiger partial charge is 0.496 e. The molecule has 0 amide bonds. The second-order valence-electron chi connectivity index (χ2n) is 4.75. The molecule has 0 aromatic heterocycles. The van der Waals surface area contributed by atoms with E-state index in [1.54, 1.807) is 7.11 Å². The Labute approximate surface area is 127 Å². The third-order valence-corrected chi connectivity index (χ3v) is 3.53. The van der Waals surface area contributed by atoms with Crippen LogP contribution in [0.2, 0.25) is 0 Å². The van der Waals surface area contributed by atoms with E-state index in [0.29, 0.717) is 12.3 Å². The Morgan fingerprint density at radius 3 is 2.55 bits per heavy atom. The lowest BCUT2D eigenvalue weighted by molar-refractivity contribution is 0.296. The number of anilines is 1. The number of rotatable bonds is 4. The van der Waals surface area contributed by atoms with Crippen LogP contribution >= 0.6 is 15.9 Å². The molecule has 3 nitrogen and oxygen atoms in total. The van der Waals surface area contributed by atoms with Gasteiger partial charge in [-0.05, 0) is 43.7 Å². The van der Waals surface area contributed by atoms with Crippen LogP contribution < -0.4 is 15.2 Å². The van der Waals surface area contributed by atoms with Gasteiger partial charge in [0.05, 0.1) is 12.8 Å². The summed E-state index contributed by atoms with van der Waals surface area (Å²) in [5, 5.41) is 0. The number of benzene rings is 2. The lowest BCUT2D eigenvalue weighted by Crippen LogP contribution is -2.03. The topological polar surface area (TPSA) is 44.5 Å². The predicted molar refractivity (Wildman–Crippen MR) is 85.4 cm³/mol. The average molecular weight is 336 g/mol. The van der Waals surface area contributed by atoms with Crippen molar-refractivity contribution in [3.63, 3.8) is 0 Å². The molecule has 2 N–H and O–H groups in total. The number of halogens is 1. The Balaban J connectivity index is 2.23. The second-order valence-corrected chi connectivity index (χ2v) is 5.66. The first kappa shape index (κ1) is 14.7. The van der Waals surface area contributed by atoms with Gasteiger partial charge >= 0.3 is 0 Å². The van der Waals surface area contributed by atoms with Crippen LogP contribution in [0.5, 0.6) is 11.5 Å². The zero-order valence-corrected chi connectivity index (χ0v) is 13.5. The molecule has 0 saturated heterocycles. The maximum atomic E-state index is 6.00. The minimum absolute atomic E-state index is 0.428. The summed E-state index contributed by atoms with van der Waals surface area (Å²) in [5.41, 5.74) is 9.81. The fourth-order valence-electron chi connectivity index (χ4n) is 2.12. The third-order valence-electron chi connectivity index (χ3n) is 3.08. The number of hydrogen-bond donors (Lipinski definition) is 1. The van der Waals surface area contributed by atoms with Crippen molar-refractivity contribution in [2.45, 2.75) is 20.5 Å². The molecule has 0 atom stereocenters. The van der Waals surface area contributed by atoms with Gasteiger partial charge in [-0.15, -0.1) is 0 Å². The molecule has 0 aliphatic rings. The van der Waals surface area contributed by atoms with Crippen LogP contribution in [0.3, 0.4) is 0 Å². The summed E-state index contributed by atoms with van der Waals surface area (Å²) in [6, 6.07) is 9.85. The summed E-state index contributed by atoms with van der Waals surface area (Å²) in [5.74, 6) is 1.54. The van der Waals surface area contributed by atoms with Crippen LogP contribution in [0.25, 0.3) is 0 Å². The molecule has 0 fully saturated rings. The summed E-state index contributed by atoms with van der Waals surface area (Å²) in [4.78, 5) is 0.